The average molecular weight is 542 g/mol. The Hall–Kier alpha value is -3.21. The molecule has 0 atom stereocenters. The second kappa shape index (κ2) is 8.73. The van der Waals surface area contributed by atoms with Gasteiger partial charge < -0.3 is 15.1 Å². The Morgan fingerprint density at radius 1 is 1.12 bits per heavy atom. The van der Waals surface area contributed by atoms with E-state index in [1.807, 2.05) is 54.1 Å². The van der Waals surface area contributed by atoms with Gasteiger partial charge in [0.1, 0.15) is 0 Å². The number of nitrogens with zero attached hydrogens (tertiary/aromatic N) is 5. The molecule has 4 aromatic rings. The Bertz CT molecular complexity index is 1290. The predicted octanol–water partition coefficient (Wildman–Crippen LogP) is 4.02. The molecule has 2 aromatic heterocycles. The monoisotopic (exact) mass is 542 g/mol. The van der Waals surface area contributed by atoms with E-state index in [1.54, 1.807) is 14.1 Å². The molecule has 8 nitrogen and oxygen atoms in total. The van der Waals surface area contributed by atoms with Crippen molar-refractivity contribution in [1.29, 1.82) is 0 Å². The third kappa shape index (κ3) is 4.24. The third-order valence-electron chi connectivity index (χ3n) is 5.27. The van der Waals surface area contributed by atoms with E-state index in [9.17, 15) is 4.79 Å². The molecule has 0 bridgehead atoms. The number of aromatic nitrogens is 4. The molecule has 0 unspecified atom stereocenters. The summed E-state index contributed by atoms with van der Waals surface area (Å²) < 4.78 is 8.49. The minimum atomic E-state index is -0.320. The van der Waals surface area contributed by atoms with Crippen molar-refractivity contribution in [3.8, 4) is 17.1 Å². The molecule has 4 rings (SSSR count). The van der Waals surface area contributed by atoms with Gasteiger partial charge in [-0.1, -0.05) is 12.1 Å². The summed E-state index contributed by atoms with van der Waals surface area (Å²) in [5.41, 5.74) is 12.9. The number of rotatable bonds is 5. The van der Waals surface area contributed by atoms with Crippen LogP contribution in [0.4, 0.5) is 5.69 Å². The van der Waals surface area contributed by atoms with E-state index < -0.39 is 0 Å². The van der Waals surface area contributed by atoms with E-state index in [1.165, 1.54) is 10.5 Å². The molecule has 0 aliphatic heterocycles. The molecule has 0 aliphatic rings. The van der Waals surface area contributed by atoms with Gasteiger partial charge in [0.15, 0.2) is 0 Å². The molecule has 2 aromatic carbocycles. The summed E-state index contributed by atoms with van der Waals surface area (Å²) in [6.45, 7) is 4.10. The van der Waals surface area contributed by atoms with Crippen LogP contribution in [0, 0.1) is 17.4 Å². The number of anilines is 1. The highest BCUT2D eigenvalue weighted by molar-refractivity contribution is 14.1. The minimum absolute atomic E-state index is 0.0231. The second-order valence-electron chi connectivity index (χ2n) is 7.75. The van der Waals surface area contributed by atoms with Gasteiger partial charge in [0.2, 0.25) is 5.89 Å². The Kier molecular flexibility index (Phi) is 6.00. The number of benzene rings is 2. The normalized spacial score (nSPS) is 11.0. The Morgan fingerprint density at radius 2 is 1.84 bits per heavy atom. The Labute approximate surface area is 199 Å². The first-order valence-corrected chi connectivity index (χ1v) is 11.1. The number of amides is 1. The zero-order valence-electron chi connectivity index (χ0n) is 18.3. The fourth-order valence-corrected chi connectivity index (χ4v) is 3.92. The first kappa shape index (κ1) is 22.0. The van der Waals surface area contributed by atoms with Crippen molar-refractivity contribution in [2.24, 2.45) is 0 Å². The van der Waals surface area contributed by atoms with E-state index in [2.05, 4.69) is 39.7 Å². The zero-order chi connectivity index (χ0) is 23.0. The number of halogens is 1. The van der Waals surface area contributed by atoms with Crippen LogP contribution in [0.15, 0.2) is 46.9 Å². The maximum Gasteiger partial charge on any atom is 0.310 e. The number of carbonyl (C=O) groups is 1. The Balaban J connectivity index is 1.56. The molecule has 0 radical (unpaired) electrons. The molecule has 32 heavy (non-hydrogen) atoms. The van der Waals surface area contributed by atoms with Gasteiger partial charge in [-0.25, -0.2) is 4.68 Å². The van der Waals surface area contributed by atoms with Crippen LogP contribution in [0.1, 0.15) is 33.2 Å². The highest BCUT2D eigenvalue weighted by atomic mass is 127. The summed E-state index contributed by atoms with van der Waals surface area (Å²) in [5.74, 6) is -0.0240. The van der Waals surface area contributed by atoms with Crippen molar-refractivity contribution < 1.29 is 9.21 Å². The lowest BCUT2D eigenvalue weighted by Gasteiger charge is -2.08. The zero-order valence-corrected chi connectivity index (χ0v) is 20.4. The largest absolute Gasteiger partial charge is 0.412 e. The second-order valence-corrected chi connectivity index (χ2v) is 8.91. The van der Waals surface area contributed by atoms with Crippen molar-refractivity contribution in [3.63, 3.8) is 0 Å². The van der Waals surface area contributed by atoms with Crippen molar-refractivity contribution >= 4 is 34.2 Å². The number of aryl methyl sites for hydroxylation is 1. The Morgan fingerprint density at radius 3 is 2.50 bits per heavy atom. The fourth-order valence-electron chi connectivity index (χ4n) is 3.42. The van der Waals surface area contributed by atoms with Gasteiger partial charge >= 0.3 is 11.8 Å². The highest BCUT2D eigenvalue weighted by Crippen LogP contribution is 2.25. The predicted molar refractivity (Wildman–Crippen MR) is 131 cm³/mol. The SMILES string of the molecule is Cc1nn(-c2ccc(N)c(I)c2)c(C)c1Cc1ccc(-c2nnc(C(=O)N(C)C)o2)cc1. The summed E-state index contributed by atoms with van der Waals surface area (Å²) in [6.07, 6.45) is 0.748. The van der Waals surface area contributed by atoms with Crippen molar-refractivity contribution in [1.82, 2.24) is 24.9 Å². The molecule has 0 aliphatic carbocycles. The molecular formula is C23H23IN6O2. The van der Waals surface area contributed by atoms with E-state index in [0.717, 1.165) is 43.9 Å². The molecule has 2 N–H and O–H groups in total. The number of carbonyl (C=O) groups excluding carboxylic acids is 1. The minimum Gasteiger partial charge on any atom is -0.412 e. The molecule has 1 amide bonds. The lowest BCUT2D eigenvalue weighted by atomic mass is 10.0. The van der Waals surface area contributed by atoms with Gasteiger partial charge in [-0.3, -0.25) is 4.79 Å². The number of hydrogen-bond acceptors (Lipinski definition) is 6. The molecule has 9 heteroatoms. The fraction of sp³-hybridized carbons (Fsp3) is 0.217. The van der Waals surface area contributed by atoms with E-state index >= 15 is 0 Å². The number of nitrogens with two attached hydrogens (primary N) is 1. The van der Waals surface area contributed by atoms with Crippen molar-refractivity contribution in [2.75, 3.05) is 19.8 Å². The summed E-state index contributed by atoms with van der Waals surface area (Å²) in [7, 11) is 3.28. The van der Waals surface area contributed by atoms with Gasteiger partial charge in [-0.05, 0) is 72.3 Å². The average Bonchev–Trinajstić information content (AvgIpc) is 3.36. The first-order valence-electron chi connectivity index (χ1n) is 9.99. The molecule has 164 valence electrons. The summed E-state index contributed by atoms with van der Waals surface area (Å²) in [6, 6.07) is 13.8. The summed E-state index contributed by atoms with van der Waals surface area (Å²) in [5, 5.41) is 12.6. The number of hydrogen-bond donors (Lipinski definition) is 1. The van der Waals surface area contributed by atoms with Gasteiger partial charge in [-0.15, -0.1) is 10.2 Å². The van der Waals surface area contributed by atoms with Crippen LogP contribution in [-0.2, 0) is 6.42 Å². The van der Waals surface area contributed by atoms with Crippen molar-refractivity contribution in [3.05, 3.63) is 74.4 Å². The summed E-state index contributed by atoms with van der Waals surface area (Å²) >= 11 is 2.23. The smallest absolute Gasteiger partial charge is 0.310 e. The quantitative estimate of drug-likeness (QED) is 0.302. The first-order chi connectivity index (χ1) is 15.2. The molecule has 0 saturated heterocycles. The van der Waals surface area contributed by atoms with E-state index in [0.29, 0.717) is 5.89 Å². The maximum atomic E-state index is 12.0. The van der Waals surface area contributed by atoms with Crippen LogP contribution < -0.4 is 5.73 Å². The van der Waals surface area contributed by atoms with Crippen molar-refractivity contribution in [2.45, 2.75) is 20.3 Å². The van der Waals surface area contributed by atoms with Crippen LogP contribution in [0.5, 0.6) is 0 Å². The third-order valence-corrected chi connectivity index (χ3v) is 6.20. The van der Waals surface area contributed by atoms with Crippen LogP contribution in [0.2, 0.25) is 0 Å². The standard InChI is InChI=1S/C23H23IN6O2/c1-13-18(14(2)30(28-13)17-9-10-20(25)19(24)12-17)11-15-5-7-16(8-6-15)21-26-27-22(32-21)23(31)29(3)4/h5-10,12H,11,25H2,1-4H3. The lowest BCUT2D eigenvalue weighted by Crippen LogP contribution is -2.21. The summed E-state index contributed by atoms with van der Waals surface area (Å²) in [4.78, 5) is 13.4. The van der Waals surface area contributed by atoms with E-state index in [4.69, 9.17) is 15.2 Å². The maximum absolute atomic E-state index is 12.0. The molecule has 2 heterocycles. The number of nitrogen functional groups attached to an aromatic ring is 1. The van der Waals surface area contributed by atoms with Gasteiger partial charge in [-0.2, -0.15) is 5.10 Å². The lowest BCUT2D eigenvalue weighted by molar-refractivity contribution is 0.0789. The van der Waals surface area contributed by atoms with Crippen LogP contribution in [-0.4, -0.2) is 44.9 Å². The molecular weight excluding hydrogens is 519 g/mol. The van der Waals surface area contributed by atoms with E-state index in [-0.39, 0.29) is 11.8 Å². The molecule has 0 saturated carbocycles. The molecule has 0 spiro atoms. The highest BCUT2D eigenvalue weighted by Gasteiger charge is 2.18. The van der Waals surface area contributed by atoms with Crippen LogP contribution >= 0.6 is 22.6 Å². The van der Waals surface area contributed by atoms with Gasteiger partial charge in [0, 0.05) is 46.6 Å². The molecule has 0 fully saturated rings. The van der Waals surface area contributed by atoms with Gasteiger partial charge in [0.25, 0.3) is 0 Å². The van der Waals surface area contributed by atoms with Crippen LogP contribution in [0.25, 0.3) is 17.1 Å². The van der Waals surface area contributed by atoms with Gasteiger partial charge in [0.05, 0.1) is 11.4 Å². The topological polar surface area (TPSA) is 103 Å². The van der Waals surface area contributed by atoms with Crippen LogP contribution in [0.3, 0.4) is 0 Å².